The highest BCUT2D eigenvalue weighted by Crippen LogP contribution is 2.07. The Labute approximate surface area is 73.9 Å². The van der Waals surface area contributed by atoms with Crippen molar-refractivity contribution in [2.45, 2.75) is 19.8 Å². The Morgan fingerprint density at radius 3 is 2.50 bits per heavy atom. The van der Waals surface area contributed by atoms with Crippen LogP contribution in [0.25, 0.3) is 6.08 Å². The number of anilines is 1. The molecule has 0 aliphatic rings. The molecule has 0 aliphatic heterocycles. The zero-order valence-electron chi connectivity index (χ0n) is 7.46. The maximum atomic E-state index is 5.56. The Morgan fingerprint density at radius 2 is 1.92 bits per heavy atom. The molecule has 0 aromatic heterocycles. The van der Waals surface area contributed by atoms with Crippen molar-refractivity contribution in [1.29, 1.82) is 0 Å². The molecule has 0 saturated heterocycles. The molecule has 1 aromatic carbocycles. The van der Waals surface area contributed by atoms with Crippen LogP contribution >= 0.6 is 0 Å². The number of allylic oxidation sites excluding steroid dienone is 1. The number of unbranched alkanes of at least 4 members (excludes halogenated alkanes) is 1. The predicted octanol–water partition coefficient (Wildman–Crippen LogP) is 3.08. The molecule has 0 radical (unpaired) electrons. The van der Waals surface area contributed by atoms with Crippen LogP contribution in [0.2, 0.25) is 0 Å². The van der Waals surface area contributed by atoms with Gasteiger partial charge < -0.3 is 5.73 Å². The second kappa shape index (κ2) is 4.60. The van der Waals surface area contributed by atoms with E-state index in [4.69, 9.17) is 5.73 Å². The Balaban J connectivity index is 2.58. The molecule has 0 fully saturated rings. The Hall–Kier alpha value is -1.24. The van der Waals surface area contributed by atoms with Crippen LogP contribution in [-0.2, 0) is 0 Å². The molecule has 1 rings (SSSR count). The summed E-state index contributed by atoms with van der Waals surface area (Å²) in [6.07, 6.45) is 6.66. The minimum atomic E-state index is 0.822. The van der Waals surface area contributed by atoms with Gasteiger partial charge in [0.25, 0.3) is 0 Å². The third-order valence-corrected chi connectivity index (χ3v) is 1.70. The van der Waals surface area contributed by atoms with Crippen LogP contribution in [0.1, 0.15) is 25.3 Å². The average molecular weight is 161 g/mol. The maximum absolute atomic E-state index is 5.56. The van der Waals surface area contributed by atoms with Gasteiger partial charge in [-0.1, -0.05) is 37.6 Å². The SMILES string of the molecule is CCC/C=C/c1ccc(N)cc1. The van der Waals surface area contributed by atoms with Gasteiger partial charge in [-0.15, -0.1) is 0 Å². The molecule has 2 N–H and O–H groups in total. The molecule has 0 saturated carbocycles. The lowest BCUT2D eigenvalue weighted by atomic mass is 10.2. The van der Waals surface area contributed by atoms with E-state index in [9.17, 15) is 0 Å². The van der Waals surface area contributed by atoms with Gasteiger partial charge in [0.05, 0.1) is 0 Å². The molecule has 0 spiro atoms. The molecule has 0 heterocycles. The van der Waals surface area contributed by atoms with E-state index in [1.54, 1.807) is 0 Å². The van der Waals surface area contributed by atoms with Gasteiger partial charge in [-0.3, -0.25) is 0 Å². The highest BCUT2D eigenvalue weighted by molar-refractivity contribution is 5.53. The third kappa shape index (κ3) is 2.79. The summed E-state index contributed by atoms with van der Waals surface area (Å²) in [7, 11) is 0. The van der Waals surface area contributed by atoms with Gasteiger partial charge in [0.15, 0.2) is 0 Å². The molecule has 0 aliphatic carbocycles. The monoisotopic (exact) mass is 161 g/mol. The summed E-state index contributed by atoms with van der Waals surface area (Å²) in [5, 5.41) is 0. The maximum Gasteiger partial charge on any atom is 0.0314 e. The van der Waals surface area contributed by atoms with Crippen molar-refractivity contribution in [3.8, 4) is 0 Å². The molecule has 0 atom stereocenters. The molecular formula is C11H15N. The summed E-state index contributed by atoms with van der Waals surface area (Å²) in [4.78, 5) is 0. The van der Waals surface area contributed by atoms with Gasteiger partial charge in [-0.05, 0) is 24.1 Å². The molecule has 1 nitrogen and oxygen atoms in total. The molecule has 0 bridgehead atoms. The lowest BCUT2D eigenvalue weighted by Crippen LogP contribution is -1.82. The fourth-order valence-electron chi connectivity index (χ4n) is 0.993. The van der Waals surface area contributed by atoms with Gasteiger partial charge in [0.2, 0.25) is 0 Å². The Bertz CT molecular complexity index is 246. The molecular weight excluding hydrogens is 146 g/mol. The summed E-state index contributed by atoms with van der Waals surface area (Å²) in [5.74, 6) is 0. The van der Waals surface area contributed by atoms with Crippen molar-refractivity contribution in [3.63, 3.8) is 0 Å². The van der Waals surface area contributed by atoms with E-state index in [0.29, 0.717) is 0 Å². The first kappa shape index (κ1) is 8.85. The number of hydrogen-bond acceptors (Lipinski definition) is 1. The standard InChI is InChI=1S/C11H15N/c1-2-3-4-5-10-6-8-11(12)9-7-10/h4-9H,2-3,12H2,1H3/b5-4+. The number of nitrogen functional groups attached to an aromatic ring is 1. The molecule has 64 valence electrons. The number of rotatable bonds is 3. The van der Waals surface area contributed by atoms with Crippen molar-refractivity contribution >= 4 is 11.8 Å². The van der Waals surface area contributed by atoms with E-state index >= 15 is 0 Å². The first-order chi connectivity index (χ1) is 5.83. The van der Waals surface area contributed by atoms with Crippen LogP contribution in [0, 0.1) is 0 Å². The van der Waals surface area contributed by atoms with Gasteiger partial charge >= 0.3 is 0 Å². The van der Waals surface area contributed by atoms with Gasteiger partial charge in [0.1, 0.15) is 0 Å². The molecule has 12 heavy (non-hydrogen) atoms. The summed E-state index contributed by atoms with van der Waals surface area (Å²) in [6.45, 7) is 2.17. The summed E-state index contributed by atoms with van der Waals surface area (Å²) >= 11 is 0. The largest absolute Gasteiger partial charge is 0.399 e. The van der Waals surface area contributed by atoms with E-state index in [2.05, 4.69) is 19.1 Å². The first-order valence-corrected chi connectivity index (χ1v) is 4.35. The molecule has 0 unspecified atom stereocenters. The summed E-state index contributed by atoms with van der Waals surface area (Å²) in [6, 6.07) is 7.90. The zero-order chi connectivity index (χ0) is 8.81. The highest BCUT2D eigenvalue weighted by Gasteiger charge is 1.85. The smallest absolute Gasteiger partial charge is 0.0314 e. The van der Waals surface area contributed by atoms with Crippen molar-refractivity contribution in [3.05, 3.63) is 35.9 Å². The van der Waals surface area contributed by atoms with E-state index in [-0.39, 0.29) is 0 Å². The molecule has 1 heteroatoms. The number of hydrogen-bond donors (Lipinski definition) is 1. The van der Waals surface area contributed by atoms with Crippen LogP contribution in [-0.4, -0.2) is 0 Å². The average Bonchev–Trinajstić information content (AvgIpc) is 2.09. The Morgan fingerprint density at radius 1 is 1.25 bits per heavy atom. The molecule has 1 aromatic rings. The van der Waals surface area contributed by atoms with Crippen molar-refractivity contribution in [2.24, 2.45) is 0 Å². The molecule has 0 amide bonds. The van der Waals surface area contributed by atoms with E-state index in [1.165, 1.54) is 12.0 Å². The minimum Gasteiger partial charge on any atom is -0.399 e. The van der Waals surface area contributed by atoms with Crippen molar-refractivity contribution in [1.82, 2.24) is 0 Å². The van der Waals surface area contributed by atoms with E-state index in [0.717, 1.165) is 12.1 Å². The van der Waals surface area contributed by atoms with Crippen LogP contribution in [0.5, 0.6) is 0 Å². The predicted molar refractivity (Wildman–Crippen MR) is 54.8 cm³/mol. The van der Waals surface area contributed by atoms with E-state index < -0.39 is 0 Å². The normalized spacial score (nSPS) is 10.8. The lowest BCUT2D eigenvalue weighted by molar-refractivity contribution is 0.962. The number of benzene rings is 1. The van der Waals surface area contributed by atoms with Crippen LogP contribution in [0.4, 0.5) is 5.69 Å². The van der Waals surface area contributed by atoms with Crippen LogP contribution in [0.3, 0.4) is 0 Å². The summed E-state index contributed by atoms with van der Waals surface area (Å²) in [5.41, 5.74) is 7.60. The topological polar surface area (TPSA) is 26.0 Å². The first-order valence-electron chi connectivity index (χ1n) is 4.35. The fourth-order valence-corrected chi connectivity index (χ4v) is 0.993. The van der Waals surface area contributed by atoms with Crippen molar-refractivity contribution < 1.29 is 0 Å². The van der Waals surface area contributed by atoms with Crippen molar-refractivity contribution in [2.75, 3.05) is 5.73 Å². The van der Waals surface area contributed by atoms with Crippen LogP contribution in [0.15, 0.2) is 30.3 Å². The van der Waals surface area contributed by atoms with Crippen LogP contribution < -0.4 is 5.73 Å². The second-order valence-electron chi connectivity index (χ2n) is 2.86. The second-order valence-corrected chi connectivity index (χ2v) is 2.86. The lowest BCUT2D eigenvalue weighted by Gasteiger charge is -1.93. The fraction of sp³-hybridized carbons (Fsp3) is 0.273. The third-order valence-electron chi connectivity index (χ3n) is 1.70. The van der Waals surface area contributed by atoms with Gasteiger partial charge in [-0.2, -0.15) is 0 Å². The van der Waals surface area contributed by atoms with Gasteiger partial charge in [0, 0.05) is 5.69 Å². The number of nitrogens with two attached hydrogens (primary N) is 1. The Kier molecular flexibility index (Phi) is 3.39. The highest BCUT2D eigenvalue weighted by atomic mass is 14.5. The quantitative estimate of drug-likeness (QED) is 0.677. The summed E-state index contributed by atoms with van der Waals surface area (Å²) < 4.78 is 0. The minimum absolute atomic E-state index is 0.822. The van der Waals surface area contributed by atoms with Gasteiger partial charge in [-0.25, -0.2) is 0 Å². The zero-order valence-corrected chi connectivity index (χ0v) is 7.46. The van der Waals surface area contributed by atoms with E-state index in [1.807, 2.05) is 24.3 Å².